The second-order valence-electron chi connectivity index (χ2n) is 9.64. The number of carboxylic acids is 1. The van der Waals surface area contributed by atoms with Gasteiger partial charge in [-0.15, -0.1) is 0 Å². The normalized spacial score (nSPS) is 26.9. The average molecular weight is 570 g/mol. The van der Waals surface area contributed by atoms with Gasteiger partial charge in [0.15, 0.2) is 11.6 Å². The standard InChI is InChI=1S/C27H24BrNO8/c1-37-12-4-7-19(30)16(9-12)22-13-5-6-14-23(27(36)29(26(14)35)8-2-3-21(32)33)15(13)10-17-24(22)20(31)11-18(28)25(17)34/h4-5,7,9,11,14-15,22-23,30H,2-3,6,8,10H2,1H3,(H,32,33). The van der Waals surface area contributed by atoms with Crippen LogP contribution in [0.1, 0.15) is 37.2 Å². The second-order valence-corrected chi connectivity index (χ2v) is 10.5. The number of ketones is 2. The first kappa shape index (κ1) is 25.1. The summed E-state index contributed by atoms with van der Waals surface area (Å²) >= 11 is 3.18. The number of carboxylic acid groups (broad SMARTS) is 1. The molecule has 0 radical (unpaired) electrons. The van der Waals surface area contributed by atoms with E-state index in [9.17, 15) is 29.1 Å². The molecule has 4 aliphatic rings. The van der Waals surface area contributed by atoms with Crippen LogP contribution in [0.2, 0.25) is 0 Å². The minimum absolute atomic E-state index is 0.0127. The molecule has 1 aromatic rings. The van der Waals surface area contributed by atoms with Crippen molar-refractivity contribution in [2.45, 2.75) is 31.6 Å². The maximum Gasteiger partial charge on any atom is 0.303 e. The van der Waals surface area contributed by atoms with Gasteiger partial charge in [0.05, 0.1) is 23.4 Å². The number of hydrogen-bond acceptors (Lipinski definition) is 7. The minimum Gasteiger partial charge on any atom is -0.508 e. The van der Waals surface area contributed by atoms with Gasteiger partial charge < -0.3 is 14.9 Å². The Hall–Kier alpha value is -3.53. The highest BCUT2D eigenvalue weighted by molar-refractivity contribution is 9.12. The molecule has 37 heavy (non-hydrogen) atoms. The van der Waals surface area contributed by atoms with E-state index in [4.69, 9.17) is 9.84 Å². The number of ether oxygens (including phenoxy) is 1. The van der Waals surface area contributed by atoms with Gasteiger partial charge in [0.1, 0.15) is 11.5 Å². The smallest absolute Gasteiger partial charge is 0.303 e. The lowest BCUT2D eigenvalue weighted by Gasteiger charge is -2.42. The molecular weight excluding hydrogens is 546 g/mol. The average Bonchev–Trinajstić information content (AvgIpc) is 3.11. The van der Waals surface area contributed by atoms with Crippen molar-refractivity contribution < 1.29 is 38.9 Å². The molecule has 1 saturated heterocycles. The summed E-state index contributed by atoms with van der Waals surface area (Å²) in [5.74, 6) is -4.79. The summed E-state index contributed by atoms with van der Waals surface area (Å²) in [5, 5.41) is 19.8. The first-order chi connectivity index (χ1) is 17.6. The van der Waals surface area contributed by atoms with Gasteiger partial charge in [0.25, 0.3) is 0 Å². The van der Waals surface area contributed by atoms with Crippen molar-refractivity contribution in [3.05, 3.63) is 57.1 Å². The molecule has 4 unspecified atom stereocenters. The lowest BCUT2D eigenvalue weighted by molar-refractivity contribution is -0.142. The first-order valence-corrected chi connectivity index (χ1v) is 12.8. The number of benzene rings is 1. The number of phenols is 1. The van der Waals surface area contributed by atoms with Crippen molar-refractivity contribution in [3.8, 4) is 11.5 Å². The Morgan fingerprint density at radius 3 is 2.62 bits per heavy atom. The van der Waals surface area contributed by atoms with Crippen LogP contribution in [0.5, 0.6) is 11.5 Å². The van der Waals surface area contributed by atoms with Crippen LogP contribution in [0.4, 0.5) is 0 Å². The molecule has 9 nitrogen and oxygen atoms in total. The van der Waals surface area contributed by atoms with Crippen LogP contribution in [0.25, 0.3) is 0 Å². The highest BCUT2D eigenvalue weighted by atomic mass is 79.9. The minimum atomic E-state index is -1.01. The number of carbonyl (C=O) groups is 5. The molecule has 0 spiro atoms. The van der Waals surface area contributed by atoms with Crippen molar-refractivity contribution in [1.29, 1.82) is 0 Å². The number of methoxy groups -OCH3 is 1. The van der Waals surface area contributed by atoms with Crippen LogP contribution < -0.4 is 4.74 Å². The Balaban J connectivity index is 1.61. The molecule has 192 valence electrons. The van der Waals surface area contributed by atoms with Crippen molar-refractivity contribution in [3.63, 3.8) is 0 Å². The molecule has 5 rings (SSSR count). The molecule has 2 amide bonds. The largest absolute Gasteiger partial charge is 0.508 e. The number of hydrogen-bond donors (Lipinski definition) is 2. The molecule has 4 atom stereocenters. The monoisotopic (exact) mass is 569 g/mol. The summed E-state index contributed by atoms with van der Waals surface area (Å²) in [6.07, 6.45) is 3.45. The summed E-state index contributed by atoms with van der Waals surface area (Å²) in [5.41, 5.74) is 1.61. The summed E-state index contributed by atoms with van der Waals surface area (Å²) in [4.78, 5) is 65.2. The van der Waals surface area contributed by atoms with E-state index in [-0.39, 0.29) is 71.1 Å². The van der Waals surface area contributed by atoms with E-state index in [1.54, 1.807) is 12.1 Å². The topological polar surface area (TPSA) is 138 Å². The number of fused-ring (bicyclic) bond motifs is 3. The van der Waals surface area contributed by atoms with Crippen LogP contribution >= 0.6 is 15.9 Å². The predicted molar refractivity (Wildman–Crippen MR) is 133 cm³/mol. The van der Waals surface area contributed by atoms with Gasteiger partial charge in [0, 0.05) is 41.7 Å². The molecular formula is C27H24BrNO8. The van der Waals surface area contributed by atoms with Gasteiger partial charge in [-0.2, -0.15) is 0 Å². The Morgan fingerprint density at radius 1 is 1.16 bits per heavy atom. The first-order valence-electron chi connectivity index (χ1n) is 12.0. The molecule has 2 N–H and O–H groups in total. The van der Waals surface area contributed by atoms with Gasteiger partial charge in [0.2, 0.25) is 11.8 Å². The van der Waals surface area contributed by atoms with Crippen LogP contribution in [0.15, 0.2) is 51.6 Å². The number of rotatable bonds is 6. The summed E-state index contributed by atoms with van der Waals surface area (Å²) in [6, 6.07) is 4.66. The third-order valence-corrected chi connectivity index (χ3v) is 8.33. The van der Waals surface area contributed by atoms with Crippen molar-refractivity contribution >= 4 is 45.3 Å². The van der Waals surface area contributed by atoms with Crippen molar-refractivity contribution in [1.82, 2.24) is 4.90 Å². The molecule has 1 aliphatic heterocycles. The highest BCUT2D eigenvalue weighted by Gasteiger charge is 2.56. The van der Waals surface area contributed by atoms with Gasteiger partial charge in [-0.25, -0.2) is 0 Å². The number of imide groups is 1. The quantitative estimate of drug-likeness (QED) is 0.303. The van der Waals surface area contributed by atoms with Gasteiger partial charge in [-0.3, -0.25) is 28.9 Å². The number of aromatic hydroxyl groups is 1. The summed E-state index contributed by atoms with van der Waals surface area (Å²) < 4.78 is 5.46. The fraction of sp³-hybridized carbons (Fsp3) is 0.370. The predicted octanol–water partition coefficient (Wildman–Crippen LogP) is 3.03. The number of aliphatic carboxylic acids is 1. The van der Waals surface area contributed by atoms with E-state index >= 15 is 0 Å². The molecule has 0 bridgehead atoms. The van der Waals surface area contributed by atoms with Crippen LogP contribution in [-0.2, 0) is 24.0 Å². The zero-order valence-corrected chi connectivity index (χ0v) is 21.5. The third-order valence-electron chi connectivity index (χ3n) is 7.74. The van der Waals surface area contributed by atoms with Crippen molar-refractivity contribution in [2.75, 3.05) is 13.7 Å². The number of carbonyl (C=O) groups excluding carboxylic acids is 4. The van der Waals surface area contributed by atoms with E-state index in [2.05, 4.69) is 15.9 Å². The molecule has 3 aliphatic carbocycles. The maximum absolute atomic E-state index is 13.5. The van der Waals surface area contributed by atoms with E-state index in [1.807, 2.05) is 6.08 Å². The summed E-state index contributed by atoms with van der Waals surface area (Å²) in [7, 11) is 1.48. The molecule has 10 heteroatoms. The Morgan fingerprint density at radius 2 is 1.92 bits per heavy atom. The van der Waals surface area contributed by atoms with Crippen molar-refractivity contribution in [2.24, 2.45) is 17.8 Å². The number of amides is 2. The summed E-state index contributed by atoms with van der Waals surface area (Å²) in [6.45, 7) is 0.0127. The fourth-order valence-electron chi connectivity index (χ4n) is 6.13. The number of phenolic OH excluding ortho intramolecular Hbond substituents is 1. The zero-order chi connectivity index (χ0) is 26.6. The van der Waals surface area contributed by atoms with Gasteiger partial charge in [-0.1, -0.05) is 11.6 Å². The Labute approximate surface area is 220 Å². The number of halogens is 1. The molecule has 1 heterocycles. The van der Waals surface area contributed by atoms with E-state index < -0.39 is 35.5 Å². The number of likely N-dealkylation sites (tertiary alicyclic amines) is 1. The lowest BCUT2D eigenvalue weighted by Crippen LogP contribution is -2.39. The highest BCUT2D eigenvalue weighted by Crippen LogP contribution is 2.56. The number of nitrogens with zero attached hydrogens (tertiary/aromatic N) is 1. The van der Waals surface area contributed by atoms with E-state index in [0.717, 1.165) is 4.90 Å². The lowest BCUT2D eigenvalue weighted by atomic mass is 9.59. The Bertz CT molecular complexity index is 1360. The number of Topliss-reactive ketones (excluding diaryl/α,β-unsaturated/α-hetero) is 1. The second kappa shape index (κ2) is 9.41. The van der Waals surface area contributed by atoms with Crippen LogP contribution in [0, 0.1) is 17.8 Å². The van der Waals surface area contributed by atoms with Gasteiger partial charge in [-0.05, 0) is 59.3 Å². The zero-order valence-electron chi connectivity index (χ0n) is 19.9. The maximum atomic E-state index is 13.5. The van der Waals surface area contributed by atoms with Gasteiger partial charge >= 0.3 is 5.97 Å². The SMILES string of the molecule is COc1ccc(O)c(C2C3=CCC4C(=O)N(CCCC(=O)O)C(=O)C4C3CC3=C2C(=O)C=C(Br)C3=O)c1. The number of allylic oxidation sites excluding steroid dienone is 6. The van der Waals surface area contributed by atoms with E-state index in [1.165, 1.54) is 19.3 Å². The third kappa shape index (κ3) is 4.03. The molecule has 0 aromatic heterocycles. The molecule has 1 aromatic carbocycles. The molecule has 1 fully saturated rings. The van der Waals surface area contributed by atoms with E-state index in [0.29, 0.717) is 16.9 Å². The fourth-order valence-corrected chi connectivity index (χ4v) is 6.57. The molecule has 0 saturated carbocycles. The Kier molecular flexibility index (Phi) is 6.39. The van der Waals surface area contributed by atoms with Crippen LogP contribution in [-0.4, -0.2) is 58.1 Å². The van der Waals surface area contributed by atoms with Crippen LogP contribution in [0.3, 0.4) is 0 Å².